The number of nitrogens with zero attached hydrogens (tertiary/aromatic N) is 12. The molecule has 0 saturated heterocycles. The van der Waals surface area contributed by atoms with Gasteiger partial charge >= 0.3 is 6.18 Å². The van der Waals surface area contributed by atoms with Gasteiger partial charge in [0.25, 0.3) is 0 Å². The predicted molar refractivity (Wildman–Crippen MR) is 314 cm³/mol. The number of hydrogen-bond acceptors (Lipinski definition) is 10. The first-order chi connectivity index (χ1) is 41.8. The average molecular weight is 1110 g/mol. The van der Waals surface area contributed by atoms with Gasteiger partial charge in [0.05, 0.1) is 155 Å². The highest BCUT2D eigenvalue weighted by atomic mass is 19.4. The first-order valence-electron chi connectivity index (χ1n) is 25.9. The number of nitriles is 10. The maximum absolute atomic E-state index is 15.6. The van der Waals surface area contributed by atoms with Gasteiger partial charge in [-0.05, 0) is 147 Å². The lowest BCUT2D eigenvalue weighted by Crippen LogP contribution is -2.10. The van der Waals surface area contributed by atoms with Crippen molar-refractivity contribution in [3.63, 3.8) is 0 Å². The minimum atomic E-state index is -5.04. The van der Waals surface area contributed by atoms with E-state index in [1.54, 1.807) is 66.7 Å². The second-order valence-corrected chi connectivity index (χ2v) is 19.9. The Kier molecular flexibility index (Phi) is 12.9. The fourth-order valence-corrected chi connectivity index (χ4v) is 11.4. The zero-order valence-electron chi connectivity index (χ0n) is 44.2. The molecule has 0 bridgehead atoms. The van der Waals surface area contributed by atoms with Gasteiger partial charge in [-0.3, -0.25) is 0 Å². The van der Waals surface area contributed by atoms with Crippen LogP contribution in [0, 0.1) is 113 Å². The summed E-state index contributed by atoms with van der Waals surface area (Å²) in [7, 11) is 0. The van der Waals surface area contributed by atoms with Crippen LogP contribution in [-0.4, -0.2) is 9.13 Å². The highest BCUT2D eigenvalue weighted by molar-refractivity contribution is 6.14. The van der Waals surface area contributed by atoms with Gasteiger partial charge in [-0.2, -0.15) is 65.8 Å². The van der Waals surface area contributed by atoms with Crippen LogP contribution in [0.5, 0.6) is 0 Å². The van der Waals surface area contributed by atoms with E-state index in [-0.39, 0.29) is 72.6 Å². The molecule has 2 aromatic heterocycles. The summed E-state index contributed by atoms with van der Waals surface area (Å²) in [5, 5.41) is 105. The Morgan fingerprint density at radius 2 is 0.523 bits per heavy atom. The van der Waals surface area contributed by atoms with Crippen molar-refractivity contribution in [1.29, 1.82) is 52.6 Å². The number of rotatable bonds is 7. The van der Waals surface area contributed by atoms with Crippen molar-refractivity contribution in [2.45, 2.75) is 6.18 Å². The van der Waals surface area contributed by atoms with E-state index >= 15 is 13.2 Å². The zero-order valence-corrected chi connectivity index (χ0v) is 44.2. The van der Waals surface area contributed by atoms with Gasteiger partial charge in [-0.1, -0.05) is 78.9 Å². The molecule has 0 radical (unpaired) electrons. The Balaban J connectivity index is 1.30. The molecule has 0 unspecified atom stereocenters. The third-order valence-electron chi connectivity index (χ3n) is 15.3. The molecule has 2 heterocycles. The molecule has 0 spiro atoms. The van der Waals surface area contributed by atoms with Crippen molar-refractivity contribution in [2.24, 2.45) is 0 Å². The molecule has 12 nitrogen and oxygen atoms in total. The average Bonchev–Trinajstić information content (AvgIpc) is 1.75. The van der Waals surface area contributed by atoms with Crippen molar-refractivity contribution in [1.82, 2.24) is 9.13 Å². The van der Waals surface area contributed by atoms with Gasteiger partial charge in [0.15, 0.2) is 0 Å². The highest BCUT2D eigenvalue weighted by Crippen LogP contribution is 2.47. The van der Waals surface area contributed by atoms with Gasteiger partial charge in [-0.15, -0.1) is 0 Å². The zero-order chi connectivity index (χ0) is 60.1. The topological polar surface area (TPSA) is 248 Å². The molecule has 0 N–H and O–H groups in total. The number of halogens is 3. The summed E-state index contributed by atoms with van der Waals surface area (Å²) in [5.74, 6) is 0. The Hall–Kier alpha value is -13.5. The fraction of sp³-hybridized carbons (Fsp3) is 0.0141. The molecular formula is C71H29F3N12. The van der Waals surface area contributed by atoms with Crippen LogP contribution in [0.4, 0.5) is 13.2 Å². The molecule has 0 saturated carbocycles. The van der Waals surface area contributed by atoms with Crippen LogP contribution in [0.15, 0.2) is 176 Å². The molecule has 394 valence electrons. The predicted octanol–water partition coefficient (Wildman–Crippen LogP) is 16.0. The number of alkyl halides is 3. The molecule has 12 aromatic rings. The molecule has 15 heteroatoms. The Labute approximate surface area is 487 Å². The minimum Gasteiger partial charge on any atom is -0.307 e. The quantitative estimate of drug-likeness (QED) is 0.146. The molecule has 0 atom stereocenters. The normalized spacial score (nSPS) is 10.8. The van der Waals surface area contributed by atoms with E-state index in [1.807, 2.05) is 69.8 Å². The fourth-order valence-electron chi connectivity index (χ4n) is 11.4. The summed E-state index contributed by atoms with van der Waals surface area (Å²) in [6.07, 6.45) is -5.04. The van der Waals surface area contributed by atoms with Gasteiger partial charge in [0.1, 0.15) is 0 Å². The van der Waals surface area contributed by atoms with Crippen molar-refractivity contribution >= 4 is 43.6 Å². The molecule has 12 rings (SSSR count). The van der Waals surface area contributed by atoms with Crippen LogP contribution in [0.25, 0.3) is 111 Å². The number of aromatic nitrogens is 2. The lowest BCUT2D eigenvalue weighted by molar-refractivity contribution is -0.137. The number of fused-ring (bicyclic) bond motifs is 6. The molecular weight excluding hydrogens is 1080 g/mol. The maximum atomic E-state index is 15.6. The molecule has 0 amide bonds. The Morgan fingerprint density at radius 3 is 0.802 bits per heavy atom. The van der Waals surface area contributed by atoms with Gasteiger partial charge in [-0.25, -0.2) is 0 Å². The third kappa shape index (κ3) is 8.73. The smallest absolute Gasteiger partial charge is 0.307 e. The maximum Gasteiger partial charge on any atom is 0.417 e. The molecule has 10 aromatic carbocycles. The van der Waals surface area contributed by atoms with Gasteiger partial charge in [0, 0.05) is 27.1 Å². The molecule has 0 aliphatic heterocycles. The van der Waals surface area contributed by atoms with E-state index in [2.05, 4.69) is 54.6 Å². The lowest BCUT2D eigenvalue weighted by atomic mass is 9.92. The summed E-state index contributed by atoms with van der Waals surface area (Å²) in [4.78, 5) is 0. The molecule has 0 aliphatic carbocycles. The van der Waals surface area contributed by atoms with E-state index in [1.165, 1.54) is 42.5 Å². The third-order valence-corrected chi connectivity index (χ3v) is 15.3. The Bertz CT molecular complexity index is 5230. The monoisotopic (exact) mass is 1110 g/mol. The van der Waals surface area contributed by atoms with Crippen LogP contribution in [0.1, 0.15) is 61.2 Å². The van der Waals surface area contributed by atoms with Crippen LogP contribution < -0.4 is 0 Å². The SMILES string of the molecule is N#Cc1ccc(-c2ccc3c4ccc(-c5ccc(C#N)cc5C#N)cc4n(-c4cc(C#N)c(-c5ccc(C#N)cc5C(F)(F)F)cc4-n4c5cc(-c6ccc(C#N)cc6C#N)ccc5c5ccc(-c6ccc(C#N)cc6C#N)cc54)c3c2)c(C#N)c1. The second-order valence-electron chi connectivity index (χ2n) is 19.9. The largest absolute Gasteiger partial charge is 0.417 e. The number of benzene rings is 10. The molecule has 86 heavy (non-hydrogen) atoms. The first-order valence-corrected chi connectivity index (χ1v) is 25.9. The number of hydrogen-bond donors (Lipinski definition) is 0. The second kappa shape index (κ2) is 20.9. The van der Waals surface area contributed by atoms with E-state index in [9.17, 15) is 52.6 Å². The van der Waals surface area contributed by atoms with Crippen LogP contribution >= 0.6 is 0 Å². The van der Waals surface area contributed by atoms with Crippen LogP contribution in [0.3, 0.4) is 0 Å². The van der Waals surface area contributed by atoms with Crippen molar-refractivity contribution in [2.75, 3.05) is 0 Å². The standard InChI is InChI=1S/C71H29F3N12/c72-71(73,74)64-23-44(34-79)5-14-58(64)63-29-70(86-67-26-47(56-12-3-42(32-77)21-51(56)37-82)8-17-61(67)62-18-9-48(27-68(62)86)57-13-4-43(33-78)22-52(57)38-83)69(28-53(63)39-84)85-65-24-45(54-10-1-40(30-75)19-49(54)35-80)6-15-59(65)60-16-7-46(25-66(60)85)55-11-2-41(31-76)20-50(55)36-81/h1-29H. The highest BCUT2D eigenvalue weighted by Gasteiger charge is 2.35. The molecule has 0 fully saturated rings. The summed E-state index contributed by atoms with van der Waals surface area (Å²) in [6, 6.07) is 67.9. The van der Waals surface area contributed by atoms with Crippen LogP contribution in [-0.2, 0) is 6.18 Å². The molecule has 0 aliphatic rings. The summed E-state index contributed by atoms with van der Waals surface area (Å²) >= 11 is 0. The van der Waals surface area contributed by atoms with E-state index in [0.29, 0.717) is 88.1 Å². The van der Waals surface area contributed by atoms with Crippen LogP contribution in [0.2, 0.25) is 0 Å². The Morgan fingerprint density at radius 1 is 0.256 bits per heavy atom. The lowest BCUT2D eigenvalue weighted by Gasteiger charge is -2.21. The van der Waals surface area contributed by atoms with Crippen molar-refractivity contribution in [3.8, 4) is 128 Å². The summed E-state index contributed by atoms with van der Waals surface area (Å²) < 4.78 is 50.3. The van der Waals surface area contributed by atoms with E-state index in [4.69, 9.17) is 0 Å². The van der Waals surface area contributed by atoms with Crippen molar-refractivity contribution in [3.05, 3.63) is 237 Å². The van der Waals surface area contributed by atoms with Gasteiger partial charge in [0.2, 0.25) is 0 Å². The minimum absolute atomic E-state index is 0.169. The first kappa shape index (κ1) is 53.1. The summed E-state index contributed by atoms with van der Waals surface area (Å²) in [6.45, 7) is 0. The van der Waals surface area contributed by atoms with Gasteiger partial charge < -0.3 is 9.13 Å². The van der Waals surface area contributed by atoms with E-state index in [0.717, 1.165) is 12.1 Å². The van der Waals surface area contributed by atoms with Crippen molar-refractivity contribution < 1.29 is 13.2 Å². The van der Waals surface area contributed by atoms with E-state index < -0.39 is 17.3 Å². The summed E-state index contributed by atoms with van der Waals surface area (Å²) in [5.41, 5.74) is 5.68.